The number of allylic oxidation sites excluding steroid dienone is 1. The Kier molecular flexibility index (Phi) is 5.16. The summed E-state index contributed by atoms with van der Waals surface area (Å²) >= 11 is 1.04. The fourth-order valence-corrected chi connectivity index (χ4v) is 5.00. The molecule has 1 amide bonds. The van der Waals surface area contributed by atoms with Crippen LogP contribution in [0.3, 0.4) is 0 Å². The smallest absolute Gasteiger partial charge is 0.372 e. The van der Waals surface area contributed by atoms with E-state index < -0.39 is 23.5 Å². The maximum Gasteiger partial charge on any atom is 0.416 e. The molecule has 2 aliphatic heterocycles. The number of amides is 1. The zero-order chi connectivity index (χ0) is 21.8. The summed E-state index contributed by atoms with van der Waals surface area (Å²) in [6.45, 7) is 1.06. The second-order valence-corrected chi connectivity index (χ2v) is 8.57. The molecule has 1 saturated carbocycles. The van der Waals surface area contributed by atoms with Crippen LogP contribution >= 0.6 is 11.8 Å². The van der Waals surface area contributed by atoms with E-state index in [1.165, 1.54) is 0 Å². The molecule has 0 aromatic heterocycles. The largest absolute Gasteiger partial charge is 0.416 e. The fraction of sp³-hybridized carbons (Fsp3) is 0.474. The molecule has 0 unspecified atom stereocenters. The van der Waals surface area contributed by atoms with Gasteiger partial charge in [0.25, 0.3) is 0 Å². The van der Waals surface area contributed by atoms with Gasteiger partial charge in [-0.15, -0.1) is 0 Å². The maximum absolute atomic E-state index is 13.3. The molecule has 1 aromatic carbocycles. The summed E-state index contributed by atoms with van der Waals surface area (Å²) in [5.74, 6) is 1.26. The standard InChI is InChI=1S/C19H17F6N3OS/c1-26-16-15(30-17(29)27-16)5-11-12-7-28(8-13(11)12)6-9-2-3-10(18(20,21)22)4-14(9)19(23,24)25/h2-5,11-13H,6-8H2,1H3,(H,26,27,29)/b15-5-/t11-,12-,13+. The zero-order valence-corrected chi connectivity index (χ0v) is 16.5. The Hall–Kier alpha value is -2.01. The monoisotopic (exact) mass is 449 g/mol. The van der Waals surface area contributed by atoms with Crippen molar-refractivity contribution in [3.8, 4) is 0 Å². The number of nitrogens with zero attached hydrogens (tertiary/aromatic N) is 2. The van der Waals surface area contributed by atoms with Gasteiger partial charge >= 0.3 is 17.6 Å². The van der Waals surface area contributed by atoms with Crippen LogP contribution in [0.4, 0.5) is 31.1 Å². The van der Waals surface area contributed by atoms with Crippen LogP contribution in [0.25, 0.3) is 0 Å². The van der Waals surface area contributed by atoms with Crippen molar-refractivity contribution in [2.75, 3.05) is 20.1 Å². The van der Waals surface area contributed by atoms with Crippen LogP contribution in [0.2, 0.25) is 0 Å². The highest BCUT2D eigenvalue weighted by Gasteiger charge is 2.54. The van der Waals surface area contributed by atoms with Gasteiger partial charge in [-0.2, -0.15) is 31.3 Å². The number of thioether (sulfide) groups is 1. The minimum absolute atomic E-state index is 0.0558. The molecular formula is C19H17F6N3OS. The fourth-order valence-electron chi connectivity index (χ4n) is 4.21. The molecule has 1 N–H and O–H groups in total. The molecule has 162 valence electrons. The number of fused-ring (bicyclic) bond motifs is 1. The lowest BCUT2D eigenvalue weighted by atomic mass is 10.0. The number of alkyl halides is 6. The van der Waals surface area contributed by atoms with E-state index in [4.69, 9.17) is 0 Å². The first-order valence-corrected chi connectivity index (χ1v) is 9.99. The van der Waals surface area contributed by atoms with Gasteiger partial charge in [0.05, 0.1) is 16.0 Å². The molecule has 4 rings (SSSR count). The number of aliphatic imine (C=N–C) groups is 1. The molecule has 0 spiro atoms. The number of likely N-dealkylation sites (tertiary alicyclic amines) is 1. The minimum Gasteiger partial charge on any atom is -0.372 e. The zero-order valence-electron chi connectivity index (χ0n) is 15.6. The molecule has 2 heterocycles. The third-order valence-electron chi connectivity index (χ3n) is 5.69. The van der Waals surface area contributed by atoms with Crippen LogP contribution in [0, 0.1) is 17.8 Å². The van der Waals surface area contributed by atoms with Crippen molar-refractivity contribution in [1.82, 2.24) is 10.2 Å². The van der Waals surface area contributed by atoms with Crippen molar-refractivity contribution in [2.45, 2.75) is 18.9 Å². The van der Waals surface area contributed by atoms with Crippen LogP contribution in [0.5, 0.6) is 0 Å². The lowest BCUT2D eigenvalue weighted by Gasteiger charge is -2.22. The van der Waals surface area contributed by atoms with E-state index in [0.29, 0.717) is 25.0 Å². The predicted octanol–water partition coefficient (Wildman–Crippen LogP) is 4.77. The van der Waals surface area contributed by atoms with Gasteiger partial charge in [0.15, 0.2) is 0 Å². The molecule has 1 saturated heterocycles. The number of nitrogens with one attached hydrogen (secondary N) is 1. The lowest BCUT2D eigenvalue weighted by molar-refractivity contribution is -0.143. The van der Waals surface area contributed by atoms with Gasteiger partial charge in [0, 0.05) is 26.7 Å². The quantitative estimate of drug-likeness (QED) is 0.676. The molecule has 30 heavy (non-hydrogen) atoms. The van der Waals surface area contributed by atoms with Crippen LogP contribution in [0.15, 0.2) is 34.2 Å². The Bertz CT molecular complexity index is 927. The maximum atomic E-state index is 13.3. The molecule has 1 aliphatic carbocycles. The first-order chi connectivity index (χ1) is 14.0. The first kappa shape index (κ1) is 21.2. The van der Waals surface area contributed by atoms with Gasteiger partial charge in [0.1, 0.15) is 5.84 Å². The Morgan fingerprint density at radius 2 is 1.83 bits per heavy atom. The molecule has 3 aliphatic rings. The van der Waals surface area contributed by atoms with Crippen LogP contribution in [-0.2, 0) is 18.9 Å². The summed E-state index contributed by atoms with van der Waals surface area (Å²) in [6, 6.07) is 1.80. The van der Waals surface area contributed by atoms with Gasteiger partial charge in [-0.25, -0.2) is 0 Å². The predicted molar refractivity (Wildman–Crippen MR) is 99.8 cm³/mol. The van der Waals surface area contributed by atoms with E-state index >= 15 is 0 Å². The summed E-state index contributed by atoms with van der Waals surface area (Å²) in [5.41, 5.74) is -2.71. The van der Waals surface area contributed by atoms with Crippen molar-refractivity contribution in [2.24, 2.45) is 22.7 Å². The minimum atomic E-state index is -4.86. The number of piperidine rings is 1. The Balaban J connectivity index is 1.44. The molecule has 3 atom stereocenters. The molecule has 4 nitrogen and oxygen atoms in total. The molecule has 1 aromatic rings. The molecule has 11 heteroatoms. The van der Waals surface area contributed by atoms with Crippen molar-refractivity contribution in [3.05, 3.63) is 45.9 Å². The van der Waals surface area contributed by atoms with Gasteiger partial charge < -0.3 is 5.32 Å². The number of halogens is 6. The van der Waals surface area contributed by atoms with Crippen molar-refractivity contribution in [1.29, 1.82) is 0 Å². The van der Waals surface area contributed by atoms with Gasteiger partial charge in [0.2, 0.25) is 0 Å². The van der Waals surface area contributed by atoms with Crippen LogP contribution < -0.4 is 5.32 Å². The Labute approximate surface area is 172 Å². The second-order valence-electron chi connectivity index (χ2n) is 7.58. The number of amidine groups is 1. The van der Waals surface area contributed by atoms with E-state index in [1.807, 2.05) is 11.0 Å². The van der Waals surface area contributed by atoms with Crippen molar-refractivity contribution >= 4 is 22.8 Å². The number of likely N-dealkylation sites (N-methyl/N-ethyl adjacent to an activating group) is 1. The third-order valence-corrected chi connectivity index (χ3v) is 6.50. The molecule has 2 fully saturated rings. The third kappa shape index (κ3) is 4.09. The topological polar surface area (TPSA) is 44.7 Å². The SMILES string of the molecule is CNC1=NC(=O)S/C1=C\[C@@H]1[C@H]2CN(Cc3ccc(C(F)(F)F)cc3C(F)(F)F)C[C@@H]12. The normalized spacial score (nSPS) is 28.1. The molecule has 0 radical (unpaired) electrons. The van der Waals surface area contributed by atoms with E-state index in [2.05, 4.69) is 10.3 Å². The van der Waals surface area contributed by atoms with Crippen LogP contribution in [0.1, 0.15) is 16.7 Å². The lowest BCUT2D eigenvalue weighted by Crippen LogP contribution is -2.26. The average molecular weight is 449 g/mol. The van der Waals surface area contributed by atoms with Crippen molar-refractivity contribution < 1.29 is 31.1 Å². The molecular weight excluding hydrogens is 432 g/mol. The van der Waals surface area contributed by atoms with E-state index in [1.54, 1.807) is 7.05 Å². The van der Waals surface area contributed by atoms with Gasteiger partial charge in [-0.1, -0.05) is 12.1 Å². The van der Waals surface area contributed by atoms with Gasteiger partial charge in [-0.05, 0) is 47.2 Å². The number of carbonyl (C=O) groups is 1. The highest BCUT2D eigenvalue weighted by atomic mass is 32.2. The molecule has 0 bridgehead atoms. The number of carbonyl (C=O) groups excluding carboxylic acids is 1. The Morgan fingerprint density at radius 3 is 2.40 bits per heavy atom. The Morgan fingerprint density at radius 1 is 1.17 bits per heavy atom. The number of hydrogen-bond acceptors (Lipinski definition) is 4. The highest BCUT2D eigenvalue weighted by molar-refractivity contribution is 8.18. The number of benzene rings is 1. The van der Waals surface area contributed by atoms with E-state index in [-0.39, 0.29) is 41.2 Å². The van der Waals surface area contributed by atoms with E-state index in [0.717, 1.165) is 22.7 Å². The number of hydrogen-bond donors (Lipinski definition) is 1. The summed E-state index contributed by atoms with van der Waals surface area (Å²) in [7, 11) is 1.67. The van der Waals surface area contributed by atoms with E-state index in [9.17, 15) is 31.1 Å². The average Bonchev–Trinajstić information content (AvgIpc) is 2.97. The highest BCUT2D eigenvalue weighted by Crippen LogP contribution is 2.54. The number of rotatable bonds is 3. The van der Waals surface area contributed by atoms with Crippen molar-refractivity contribution in [3.63, 3.8) is 0 Å². The van der Waals surface area contributed by atoms with Crippen LogP contribution in [-0.4, -0.2) is 36.1 Å². The summed E-state index contributed by atoms with van der Waals surface area (Å²) in [4.78, 5) is 17.9. The first-order valence-electron chi connectivity index (χ1n) is 9.17. The second kappa shape index (κ2) is 7.30. The summed E-state index contributed by atoms with van der Waals surface area (Å²) in [5, 5.41) is 2.57. The van der Waals surface area contributed by atoms with Gasteiger partial charge in [-0.3, -0.25) is 9.69 Å². The summed E-state index contributed by atoms with van der Waals surface area (Å²) in [6.07, 6.45) is -7.71. The summed E-state index contributed by atoms with van der Waals surface area (Å²) < 4.78 is 78.4.